The highest BCUT2D eigenvalue weighted by molar-refractivity contribution is 5.76. The highest BCUT2D eigenvalue weighted by atomic mass is 16.1. The van der Waals surface area contributed by atoms with Crippen LogP contribution in [0.4, 0.5) is 5.82 Å². The minimum absolute atomic E-state index is 0.223. The van der Waals surface area contributed by atoms with Crippen LogP contribution in [-0.4, -0.2) is 9.38 Å². The Morgan fingerprint density at radius 1 is 1.16 bits per heavy atom. The quantitative estimate of drug-likeness (QED) is 0.447. The van der Waals surface area contributed by atoms with Crippen LogP contribution in [0.25, 0.3) is 16.7 Å². The molecule has 1 aromatic carbocycles. The lowest BCUT2D eigenvalue weighted by atomic mass is 10.1. The van der Waals surface area contributed by atoms with Gasteiger partial charge in [0.15, 0.2) is 0 Å². The van der Waals surface area contributed by atoms with Gasteiger partial charge in [0.05, 0.1) is 6.54 Å². The summed E-state index contributed by atoms with van der Waals surface area (Å²) >= 11 is 0. The van der Waals surface area contributed by atoms with Crippen molar-refractivity contribution in [2.45, 2.75) is 6.54 Å². The number of nitrogens with two attached hydrogens (primary N) is 1. The van der Waals surface area contributed by atoms with Gasteiger partial charge in [-0.05, 0) is 23.8 Å². The van der Waals surface area contributed by atoms with E-state index in [0.717, 1.165) is 5.56 Å². The molecule has 0 saturated heterocycles. The molecule has 0 aliphatic carbocycles. The molecule has 0 saturated carbocycles. The number of nitriles is 1. The second-order valence-corrected chi connectivity index (χ2v) is 5.71. The molecule has 0 radical (unpaired) electrons. The number of benzene rings is 1. The average Bonchev–Trinajstić information content (AvgIpc) is 2.65. The molecule has 0 aliphatic heterocycles. The summed E-state index contributed by atoms with van der Waals surface area (Å²) in [5.41, 5.74) is 8.24. The minimum atomic E-state index is -0.223. The van der Waals surface area contributed by atoms with Crippen LogP contribution in [0.15, 0.2) is 65.6 Å². The summed E-state index contributed by atoms with van der Waals surface area (Å²) in [7, 11) is 0. The van der Waals surface area contributed by atoms with E-state index in [1.54, 1.807) is 22.9 Å². The second kappa shape index (κ2) is 5.73. The topological polar surface area (TPSA) is 88.1 Å². The summed E-state index contributed by atoms with van der Waals surface area (Å²) in [6.45, 7) is 0.425. The first-order chi connectivity index (χ1) is 12.2. The maximum absolute atomic E-state index is 12.8. The summed E-state index contributed by atoms with van der Waals surface area (Å²) in [5.74, 6) is 0.297. The van der Waals surface area contributed by atoms with Gasteiger partial charge in [-0.2, -0.15) is 5.26 Å². The summed E-state index contributed by atoms with van der Waals surface area (Å²) in [4.78, 5) is 17.4. The van der Waals surface area contributed by atoms with Gasteiger partial charge in [0.1, 0.15) is 17.0 Å². The maximum Gasteiger partial charge on any atom is 0.278 e. The SMILES string of the molecule is N#Cc1cc2c(=O)n3ccccc3nc2[n+](Cc2ccccc2)c1N. The molecule has 3 heterocycles. The van der Waals surface area contributed by atoms with Crippen LogP contribution in [0.1, 0.15) is 11.1 Å². The molecule has 0 fully saturated rings. The number of anilines is 1. The Hall–Kier alpha value is -3.72. The van der Waals surface area contributed by atoms with Gasteiger partial charge in [-0.25, -0.2) is 4.57 Å². The third-order valence-corrected chi connectivity index (χ3v) is 4.16. The van der Waals surface area contributed by atoms with Crippen LogP contribution in [-0.2, 0) is 6.54 Å². The van der Waals surface area contributed by atoms with Crippen LogP contribution in [0.5, 0.6) is 0 Å². The Morgan fingerprint density at radius 2 is 1.92 bits per heavy atom. The normalized spacial score (nSPS) is 10.8. The predicted octanol–water partition coefficient (Wildman–Crippen LogP) is 1.64. The van der Waals surface area contributed by atoms with Crippen LogP contribution >= 0.6 is 0 Å². The molecule has 0 amide bonds. The molecule has 4 aromatic rings. The minimum Gasteiger partial charge on any atom is -0.317 e. The Kier molecular flexibility index (Phi) is 3.40. The van der Waals surface area contributed by atoms with Crippen LogP contribution in [0.3, 0.4) is 0 Å². The highest BCUT2D eigenvalue weighted by Gasteiger charge is 2.21. The van der Waals surface area contributed by atoms with Crippen molar-refractivity contribution in [1.29, 1.82) is 5.26 Å². The van der Waals surface area contributed by atoms with Crippen molar-refractivity contribution in [3.8, 4) is 6.07 Å². The van der Waals surface area contributed by atoms with Crippen molar-refractivity contribution in [3.05, 3.63) is 82.3 Å². The van der Waals surface area contributed by atoms with Gasteiger partial charge >= 0.3 is 0 Å². The van der Waals surface area contributed by atoms with E-state index >= 15 is 0 Å². The fourth-order valence-corrected chi connectivity index (χ4v) is 2.92. The van der Waals surface area contributed by atoms with E-state index in [1.165, 1.54) is 10.5 Å². The first kappa shape index (κ1) is 14.8. The van der Waals surface area contributed by atoms with E-state index in [9.17, 15) is 10.1 Å². The van der Waals surface area contributed by atoms with E-state index in [4.69, 9.17) is 5.73 Å². The van der Waals surface area contributed by atoms with Gasteiger partial charge in [-0.3, -0.25) is 9.20 Å². The maximum atomic E-state index is 12.8. The molecule has 4 rings (SSSR count). The largest absolute Gasteiger partial charge is 0.317 e. The molecule has 0 aliphatic rings. The van der Waals surface area contributed by atoms with Crippen molar-refractivity contribution < 1.29 is 4.57 Å². The van der Waals surface area contributed by atoms with E-state index < -0.39 is 0 Å². The van der Waals surface area contributed by atoms with Crippen molar-refractivity contribution in [3.63, 3.8) is 0 Å². The first-order valence-electron chi connectivity index (χ1n) is 7.76. The highest BCUT2D eigenvalue weighted by Crippen LogP contribution is 2.14. The Labute approximate surface area is 143 Å². The van der Waals surface area contributed by atoms with Gasteiger partial charge < -0.3 is 5.73 Å². The van der Waals surface area contributed by atoms with Crippen LogP contribution < -0.4 is 15.9 Å². The summed E-state index contributed by atoms with van der Waals surface area (Å²) in [6, 6.07) is 18.7. The first-order valence-corrected chi connectivity index (χ1v) is 7.76. The number of rotatable bonds is 2. The molecule has 0 atom stereocenters. The standard InChI is InChI=1S/C19H13N5O/c20-11-14-10-15-18(22-16-8-4-5-9-23(16)19(15)25)24(17(14)21)12-13-6-2-1-3-7-13/h1-10,21H,12H2/p+1. The summed E-state index contributed by atoms with van der Waals surface area (Å²) in [5, 5.41) is 9.77. The van der Waals surface area contributed by atoms with Crippen molar-refractivity contribution in [2.24, 2.45) is 0 Å². The van der Waals surface area contributed by atoms with Crippen molar-refractivity contribution in [2.75, 3.05) is 5.73 Å². The lowest BCUT2D eigenvalue weighted by molar-refractivity contribution is -0.649. The molecular formula is C19H14N5O+. The molecule has 0 unspecified atom stereocenters. The zero-order chi connectivity index (χ0) is 17.4. The monoisotopic (exact) mass is 328 g/mol. The average molecular weight is 328 g/mol. The number of fused-ring (bicyclic) bond motifs is 2. The zero-order valence-electron chi connectivity index (χ0n) is 13.3. The molecule has 6 heteroatoms. The second-order valence-electron chi connectivity index (χ2n) is 5.71. The smallest absolute Gasteiger partial charge is 0.278 e. The molecule has 0 bridgehead atoms. The molecule has 3 aromatic heterocycles. The van der Waals surface area contributed by atoms with Gasteiger partial charge in [-0.15, -0.1) is 0 Å². The number of nitrogen functional groups attached to an aromatic ring is 1. The van der Waals surface area contributed by atoms with Gasteiger partial charge in [0.2, 0.25) is 11.5 Å². The number of nitrogens with zero attached hydrogens (tertiary/aromatic N) is 4. The third kappa shape index (κ3) is 2.39. The Balaban J connectivity index is 2.10. The summed E-state index contributed by atoms with van der Waals surface area (Å²) in [6.07, 6.45) is 1.66. The fourth-order valence-electron chi connectivity index (χ4n) is 2.92. The van der Waals surface area contributed by atoms with Crippen LogP contribution in [0, 0.1) is 11.3 Å². The van der Waals surface area contributed by atoms with Gasteiger partial charge in [0, 0.05) is 6.20 Å². The van der Waals surface area contributed by atoms with Crippen molar-refractivity contribution in [1.82, 2.24) is 9.38 Å². The lowest BCUT2D eigenvalue weighted by Crippen LogP contribution is -2.41. The van der Waals surface area contributed by atoms with E-state index in [-0.39, 0.29) is 11.1 Å². The van der Waals surface area contributed by atoms with Crippen molar-refractivity contribution >= 4 is 22.5 Å². The van der Waals surface area contributed by atoms with E-state index in [0.29, 0.717) is 29.0 Å². The number of aromatic nitrogens is 3. The molecule has 25 heavy (non-hydrogen) atoms. The van der Waals surface area contributed by atoms with E-state index in [1.807, 2.05) is 36.4 Å². The van der Waals surface area contributed by atoms with Gasteiger partial charge in [0.25, 0.3) is 11.2 Å². The van der Waals surface area contributed by atoms with E-state index in [2.05, 4.69) is 11.1 Å². The predicted molar refractivity (Wildman–Crippen MR) is 93.8 cm³/mol. The molecule has 6 nitrogen and oxygen atoms in total. The molecule has 0 spiro atoms. The molecule has 2 N–H and O–H groups in total. The third-order valence-electron chi connectivity index (χ3n) is 4.16. The van der Waals surface area contributed by atoms with Crippen LogP contribution in [0.2, 0.25) is 0 Å². The Bertz CT molecular complexity index is 1210. The summed E-state index contributed by atoms with van der Waals surface area (Å²) < 4.78 is 3.18. The molecule has 120 valence electrons. The van der Waals surface area contributed by atoms with Gasteiger partial charge in [-0.1, -0.05) is 41.4 Å². The Morgan fingerprint density at radius 3 is 2.68 bits per heavy atom. The fraction of sp³-hybridized carbons (Fsp3) is 0.0526. The molecular weight excluding hydrogens is 314 g/mol. The number of hydrogen-bond donors (Lipinski definition) is 1. The lowest BCUT2D eigenvalue weighted by Gasteiger charge is -2.09. The number of pyridine rings is 2. The number of hydrogen-bond acceptors (Lipinski definition) is 4. The zero-order valence-corrected chi connectivity index (χ0v) is 13.3.